The lowest BCUT2D eigenvalue weighted by molar-refractivity contribution is -0.161. The second-order valence-electron chi connectivity index (χ2n) is 9.13. The number of likely N-dealkylation sites (tertiary alicyclic amines) is 1. The Kier molecular flexibility index (Phi) is 5.73. The number of anilines is 1. The van der Waals surface area contributed by atoms with Crippen LogP contribution in [0.1, 0.15) is 16.7 Å². The molecule has 5 rings (SSSR count). The summed E-state index contributed by atoms with van der Waals surface area (Å²) < 4.78 is 44.5. The van der Waals surface area contributed by atoms with Crippen molar-refractivity contribution in [3.8, 4) is 5.75 Å². The highest BCUT2D eigenvalue weighted by Gasteiger charge is 2.60. The minimum atomic E-state index is -4.48. The van der Waals surface area contributed by atoms with E-state index in [1.54, 1.807) is 30.4 Å². The van der Waals surface area contributed by atoms with Gasteiger partial charge in [-0.05, 0) is 48.0 Å². The predicted octanol–water partition coefficient (Wildman–Crippen LogP) is 3.39. The Balaban J connectivity index is 1.46. The molecule has 1 spiro atoms. The molecular weight excluding hydrogens is 489 g/mol. The molecule has 2 aromatic carbocycles. The van der Waals surface area contributed by atoms with Gasteiger partial charge < -0.3 is 24.8 Å². The minimum Gasteiger partial charge on any atom is -0.457 e. The van der Waals surface area contributed by atoms with Crippen molar-refractivity contribution in [1.82, 2.24) is 15.1 Å². The molecule has 0 unspecified atom stereocenters. The number of amides is 4. The molecule has 0 aliphatic carbocycles. The van der Waals surface area contributed by atoms with E-state index in [0.717, 1.165) is 12.1 Å². The van der Waals surface area contributed by atoms with Crippen LogP contribution < -0.4 is 15.0 Å². The van der Waals surface area contributed by atoms with Gasteiger partial charge in [0.2, 0.25) is 5.91 Å². The first-order valence-electron chi connectivity index (χ1n) is 11.5. The van der Waals surface area contributed by atoms with Crippen molar-refractivity contribution in [3.05, 3.63) is 77.6 Å². The van der Waals surface area contributed by atoms with E-state index in [2.05, 4.69) is 11.9 Å². The number of hydrogen-bond donors (Lipinski definition) is 1. The van der Waals surface area contributed by atoms with Gasteiger partial charge in [0, 0.05) is 24.8 Å². The molecule has 3 aliphatic rings. The van der Waals surface area contributed by atoms with Crippen molar-refractivity contribution >= 4 is 29.6 Å². The third-order valence-electron chi connectivity index (χ3n) is 6.78. The SMILES string of the molecule is C=C1C=Cc2cc(N3CC(=O)N(Cc4ccc(C(F)(F)F)cc4)C4(CN(C(=O)NC)C4)C3=O)ccc2O1. The van der Waals surface area contributed by atoms with E-state index in [-0.39, 0.29) is 38.0 Å². The van der Waals surface area contributed by atoms with E-state index in [1.807, 2.05) is 0 Å². The fourth-order valence-electron chi connectivity index (χ4n) is 4.81. The van der Waals surface area contributed by atoms with Crippen molar-refractivity contribution in [1.29, 1.82) is 0 Å². The van der Waals surface area contributed by atoms with E-state index in [0.29, 0.717) is 28.3 Å². The third kappa shape index (κ3) is 4.20. The number of alkyl halides is 3. The van der Waals surface area contributed by atoms with Crippen LogP contribution in [0.3, 0.4) is 0 Å². The van der Waals surface area contributed by atoms with Gasteiger partial charge in [0.1, 0.15) is 18.1 Å². The standard InChI is InChI=1S/C26H23F3N4O4/c1-16-3-6-18-11-20(9-10-21(18)37-16)32-13-22(34)33(12-17-4-7-19(8-5-17)26(27,28)29)25(23(32)35)14-31(15-25)24(36)30-2/h3-11H,1,12-15H2,2H3,(H,30,36). The van der Waals surface area contributed by atoms with Crippen molar-refractivity contribution in [2.75, 3.05) is 31.6 Å². The molecular formula is C26H23F3N4O4. The molecule has 4 amide bonds. The second kappa shape index (κ2) is 8.68. The van der Waals surface area contributed by atoms with Crippen LogP contribution in [0.15, 0.2) is 60.9 Å². The highest BCUT2D eigenvalue weighted by molar-refractivity contribution is 6.11. The number of nitrogens with one attached hydrogen (secondary N) is 1. The summed E-state index contributed by atoms with van der Waals surface area (Å²) in [6.45, 7) is 3.36. The summed E-state index contributed by atoms with van der Waals surface area (Å²) >= 11 is 0. The molecule has 3 heterocycles. The number of benzene rings is 2. The maximum atomic E-state index is 13.9. The number of ether oxygens (including phenoxy) is 1. The van der Waals surface area contributed by atoms with Crippen molar-refractivity contribution in [2.24, 2.45) is 0 Å². The Morgan fingerprint density at radius 2 is 1.81 bits per heavy atom. The van der Waals surface area contributed by atoms with Gasteiger partial charge >= 0.3 is 12.2 Å². The van der Waals surface area contributed by atoms with Crippen molar-refractivity contribution in [3.63, 3.8) is 0 Å². The quantitative estimate of drug-likeness (QED) is 0.684. The summed E-state index contributed by atoms with van der Waals surface area (Å²) in [6.07, 6.45) is -0.999. The number of halogens is 3. The van der Waals surface area contributed by atoms with E-state index < -0.39 is 23.3 Å². The number of piperazine rings is 1. The van der Waals surface area contributed by atoms with Crippen LogP contribution in [-0.2, 0) is 22.3 Å². The van der Waals surface area contributed by atoms with Crippen molar-refractivity contribution < 1.29 is 32.3 Å². The summed E-state index contributed by atoms with van der Waals surface area (Å²) in [5.74, 6) is 0.296. The number of carbonyl (C=O) groups is 3. The Morgan fingerprint density at radius 3 is 2.46 bits per heavy atom. The maximum absolute atomic E-state index is 13.9. The molecule has 37 heavy (non-hydrogen) atoms. The summed E-state index contributed by atoms with van der Waals surface area (Å²) in [5.41, 5.74) is -0.503. The molecule has 2 fully saturated rings. The normalized spacial score (nSPS) is 18.5. The number of hydrogen-bond acceptors (Lipinski definition) is 4. The first kappa shape index (κ1) is 24.4. The predicted molar refractivity (Wildman–Crippen MR) is 128 cm³/mol. The van der Waals surface area contributed by atoms with Crippen LogP contribution in [0.5, 0.6) is 5.75 Å². The molecule has 1 N–H and O–H groups in total. The molecule has 0 radical (unpaired) electrons. The summed E-state index contributed by atoms with van der Waals surface area (Å²) in [5, 5.41) is 2.50. The molecule has 8 nitrogen and oxygen atoms in total. The zero-order valence-electron chi connectivity index (χ0n) is 19.8. The molecule has 11 heteroatoms. The molecule has 2 aromatic rings. The van der Waals surface area contributed by atoms with Crippen LogP contribution in [0, 0.1) is 0 Å². The Labute approximate surface area is 210 Å². The zero-order valence-corrected chi connectivity index (χ0v) is 19.8. The average Bonchev–Trinajstić information content (AvgIpc) is 2.84. The number of urea groups is 1. The van der Waals surface area contributed by atoms with Gasteiger partial charge in [0.15, 0.2) is 5.54 Å². The van der Waals surface area contributed by atoms with Gasteiger partial charge in [-0.3, -0.25) is 9.59 Å². The van der Waals surface area contributed by atoms with Crippen LogP contribution in [0.25, 0.3) is 6.08 Å². The topological polar surface area (TPSA) is 82.2 Å². The Hall–Kier alpha value is -4.28. The fraction of sp³-hybridized carbons (Fsp3) is 0.269. The first-order chi connectivity index (χ1) is 17.5. The van der Waals surface area contributed by atoms with Crippen LogP contribution in [-0.4, -0.2) is 59.9 Å². The molecule has 0 aromatic heterocycles. The van der Waals surface area contributed by atoms with E-state index in [9.17, 15) is 27.6 Å². The molecule has 3 aliphatic heterocycles. The third-order valence-corrected chi connectivity index (χ3v) is 6.78. The minimum absolute atomic E-state index is 0.0395. The number of rotatable bonds is 3. The van der Waals surface area contributed by atoms with Gasteiger partial charge in [-0.15, -0.1) is 0 Å². The molecule has 192 valence electrons. The molecule has 0 atom stereocenters. The largest absolute Gasteiger partial charge is 0.457 e. The average molecular weight is 512 g/mol. The summed E-state index contributed by atoms with van der Waals surface area (Å²) in [4.78, 5) is 43.7. The zero-order chi connectivity index (χ0) is 26.5. The Morgan fingerprint density at radius 1 is 1.11 bits per heavy atom. The van der Waals surface area contributed by atoms with Gasteiger partial charge in [-0.2, -0.15) is 13.2 Å². The summed E-state index contributed by atoms with van der Waals surface area (Å²) in [7, 11) is 1.46. The summed E-state index contributed by atoms with van der Waals surface area (Å²) in [6, 6.07) is 9.17. The lowest BCUT2D eigenvalue weighted by atomic mass is 9.83. The van der Waals surface area contributed by atoms with Gasteiger partial charge in [0.05, 0.1) is 18.7 Å². The van der Waals surface area contributed by atoms with Gasteiger partial charge in [-0.25, -0.2) is 4.79 Å². The maximum Gasteiger partial charge on any atom is 0.416 e. The van der Waals surface area contributed by atoms with Gasteiger partial charge in [0.25, 0.3) is 5.91 Å². The molecule has 0 saturated carbocycles. The van der Waals surface area contributed by atoms with Crippen LogP contribution >= 0.6 is 0 Å². The fourth-order valence-corrected chi connectivity index (χ4v) is 4.81. The highest BCUT2D eigenvalue weighted by atomic mass is 19.4. The highest BCUT2D eigenvalue weighted by Crippen LogP contribution is 2.39. The van der Waals surface area contributed by atoms with Crippen LogP contribution in [0.4, 0.5) is 23.7 Å². The monoisotopic (exact) mass is 512 g/mol. The molecule has 0 bridgehead atoms. The smallest absolute Gasteiger partial charge is 0.416 e. The number of allylic oxidation sites excluding steroid dienone is 1. The van der Waals surface area contributed by atoms with Crippen LogP contribution in [0.2, 0.25) is 0 Å². The van der Waals surface area contributed by atoms with Gasteiger partial charge in [-0.1, -0.05) is 18.7 Å². The first-order valence-corrected chi connectivity index (χ1v) is 11.5. The number of nitrogens with zero attached hydrogens (tertiary/aromatic N) is 3. The lowest BCUT2D eigenvalue weighted by Gasteiger charge is -2.57. The van der Waals surface area contributed by atoms with Crippen molar-refractivity contribution in [2.45, 2.75) is 18.3 Å². The number of carbonyl (C=O) groups excluding carboxylic acids is 3. The van der Waals surface area contributed by atoms with E-state index >= 15 is 0 Å². The molecule has 2 saturated heterocycles. The van der Waals surface area contributed by atoms with E-state index in [4.69, 9.17) is 4.74 Å². The number of fused-ring (bicyclic) bond motifs is 1. The van der Waals surface area contributed by atoms with E-state index in [1.165, 1.54) is 33.9 Å². The second-order valence-corrected chi connectivity index (χ2v) is 9.13. The lowest BCUT2D eigenvalue weighted by Crippen LogP contribution is -2.81. The Bertz CT molecular complexity index is 1330.